The number of amides is 1. The van der Waals surface area contributed by atoms with Gasteiger partial charge in [-0.25, -0.2) is 0 Å². The number of nitrogens with zero attached hydrogens (tertiary/aromatic N) is 1. The molecule has 29 heavy (non-hydrogen) atoms. The van der Waals surface area contributed by atoms with Crippen LogP contribution >= 0.6 is 15.9 Å². The van der Waals surface area contributed by atoms with Gasteiger partial charge in [0.1, 0.15) is 12.3 Å². The second kappa shape index (κ2) is 9.09. The molecule has 4 N–H and O–H groups in total. The highest BCUT2D eigenvalue weighted by Gasteiger charge is 2.26. The number of nitrogen functional groups attached to an aromatic ring is 1. The third-order valence-corrected chi connectivity index (χ3v) is 5.64. The number of ether oxygens (including phenoxy) is 1. The van der Waals surface area contributed by atoms with Crippen LogP contribution in [0.1, 0.15) is 30.4 Å². The van der Waals surface area contributed by atoms with Gasteiger partial charge in [0, 0.05) is 34.0 Å². The predicted octanol–water partition coefficient (Wildman–Crippen LogP) is 3.62. The van der Waals surface area contributed by atoms with Gasteiger partial charge in [0.2, 0.25) is 5.91 Å². The predicted molar refractivity (Wildman–Crippen MR) is 115 cm³/mol. The first-order valence-electron chi connectivity index (χ1n) is 9.25. The number of nitrogens with two attached hydrogens (primary N) is 1. The van der Waals surface area contributed by atoms with E-state index >= 15 is 0 Å². The molecular formula is C21H22BrN3O4. The number of hydrogen-bond donors (Lipinski definition) is 3. The molecule has 0 radical (unpaired) electrons. The highest BCUT2D eigenvalue weighted by molar-refractivity contribution is 9.10. The summed E-state index contributed by atoms with van der Waals surface area (Å²) in [4.78, 5) is 25.5. The fourth-order valence-corrected chi connectivity index (χ4v) is 3.98. The normalized spacial score (nSPS) is 16.9. The molecule has 152 valence electrons. The lowest BCUT2D eigenvalue weighted by Crippen LogP contribution is -2.36. The summed E-state index contributed by atoms with van der Waals surface area (Å²) in [7, 11) is 0. The maximum absolute atomic E-state index is 12.8. The zero-order chi connectivity index (χ0) is 21.0. The van der Waals surface area contributed by atoms with E-state index in [0.717, 1.165) is 10.0 Å². The number of hydrogen-bond acceptors (Lipinski definition) is 5. The van der Waals surface area contributed by atoms with Gasteiger partial charge in [-0.15, -0.1) is 0 Å². The van der Waals surface area contributed by atoms with E-state index in [1.807, 2.05) is 6.07 Å². The number of rotatable bonds is 5. The third kappa shape index (κ3) is 4.95. The Morgan fingerprint density at radius 2 is 2.07 bits per heavy atom. The highest BCUT2D eigenvalue weighted by atomic mass is 79.9. The number of aliphatic carboxylic acids is 1. The molecule has 0 aromatic heterocycles. The summed E-state index contributed by atoms with van der Waals surface area (Å²) in [5, 5.41) is 16.7. The molecule has 0 saturated heterocycles. The van der Waals surface area contributed by atoms with Crippen LogP contribution in [0.4, 0.5) is 11.4 Å². The second-order valence-corrected chi connectivity index (χ2v) is 7.72. The number of fused-ring (bicyclic) bond motifs is 1. The number of carboxylic acid groups (broad SMARTS) is 1. The van der Waals surface area contributed by atoms with Gasteiger partial charge in [-0.2, -0.15) is 0 Å². The number of carboxylic acids is 1. The molecule has 1 heterocycles. The molecular weight excluding hydrogens is 438 g/mol. The number of carbonyl (C=O) groups excluding carboxylic acids is 1. The Hall–Kier alpha value is -2.87. The summed E-state index contributed by atoms with van der Waals surface area (Å²) in [6.45, 7) is -0.380. The molecule has 0 bridgehead atoms. The molecule has 8 heteroatoms. The minimum Gasteiger partial charge on any atom is -0.490 e. The Morgan fingerprint density at radius 3 is 2.79 bits per heavy atom. The SMILES string of the molecule is N=Cc1cc(OC2CCC(=O)N(CC(=O)O)c3cccc(Br)c3CC2)ccc1N. The Morgan fingerprint density at radius 1 is 1.31 bits per heavy atom. The average molecular weight is 460 g/mol. The fraction of sp³-hybridized carbons (Fsp3) is 0.286. The zero-order valence-corrected chi connectivity index (χ0v) is 17.3. The van der Waals surface area contributed by atoms with Gasteiger partial charge < -0.3 is 25.9 Å². The van der Waals surface area contributed by atoms with Gasteiger partial charge >= 0.3 is 5.97 Å². The van der Waals surface area contributed by atoms with Crippen molar-refractivity contribution in [3.05, 3.63) is 52.0 Å². The van der Waals surface area contributed by atoms with E-state index < -0.39 is 5.97 Å². The third-order valence-electron chi connectivity index (χ3n) is 4.89. The van der Waals surface area contributed by atoms with Gasteiger partial charge in [0.15, 0.2) is 0 Å². The van der Waals surface area contributed by atoms with Crippen molar-refractivity contribution in [2.75, 3.05) is 17.2 Å². The van der Waals surface area contributed by atoms with Gasteiger partial charge in [-0.1, -0.05) is 22.0 Å². The van der Waals surface area contributed by atoms with Crippen LogP contribution in [0.5, 0.6) is 5.75 Å². The molecule has 1 atom stereocenters. The quantitative estimate of drug-likeness (QED) is 0.466. The maximum Gasteiger partial charge on any atom is 0.323 e. The van der Waals surface area contributed by atoms with Crippen molar-refractivity contribution in [1.29, 1.82) is 5.41 Å². The summed E-state index contributed by atoms with van der Waals surface area (Å²) in [6, 6.07) is 10.6. The van der Waals surface area contributed by atoms with Crippen LogP contribution in [0.3, 0.4) is 0 Å². The number of halogens is 1. The van der Waals surface area contributed by atoms with E-state index in [0.29, 0.717) is 42.0 Å². The van der Waals surface area contributed by atoms with Gasteiger partial charge in [0.05, 0.1) is 6.10 Å². The number of benzene rings is 2. The first kappa shape index (κ1) is 20.9. The summed E-state index contributed by atoms with van der Waals surface area (Å²) < 4.78 is 6.93. The van der Waals surface area contributed by atoms with Crippen molar-refractivity contribution in [3.63, 3.8) is 0 Å². The molecule has 0 fully saturated rings. The molecule has 2 aromatic carbocycles. The molecule has 3 rings (SSSR count). The number of carbonyl (C=O) groups is 2. The maximum atomic E-state index is 12.8. The van der Waals surface area contributed by atoms with Crippen molar-refractivity contribution in [2.24, 2.45) is 0 Å². The Kier molecular flexibility index (Phi) is 6.53. The monoisotopic (exact) mass is 459 g/mol. The van der Waals surface area contributed by atoms with Crippen LogP contribution < -0.4 is 15.4 Å². The summed E-state index contributed by atoms with van der Waals surface area (Å²) in [5.74, 6) is -0.721. The standard InChI is InChI=1S/C21H22BrN3O4/c22-17-2-1-3-19-16(17)7-4-14(6-9-20(26)25(19)12-21(27)28)29-15-5-8-18(24)13(10-15)11-23/h1-3,5,8,10-11,14,23H,4,6-7,9,12,24H2,(H,27,28). The second-order valence-electron chi connectivity index (χ2n) is 6.86. The first-order chi connectivity index (χ1) is 13.9. The minimum atomic E-state index is -1.06. The lowest BCUT2D eigenvalue weighted by Gasteiger charge is -2.23. The lowest BCUT2D eigenvalue weighted by atomic mass is 10.0. The molecule has 1 unspecified atom stereocenters. The molecule has 0 aliphatic carbocycles. The largest absolute Gasteiger partial charge is 0.490 e. The van der Waals surface area contributed by atoms with Crippen LogP contribution in [0.2, 0.25) is 0 Å². The van der Waals surface area contributed by atoms with Crippen LogP contribution in [0.25, 0.3) is 0 Å². The molecule has 1 aliphatic heterocycles. The fourth-order valence-electron chi connectivity index (χ4n) is 3.42. The summed E-state index contributed by atoms with van der Waals surface area (Å²) in [5.41, 5.74) is 8.40. The van der Waals surface area contributed by atoms with Crippen molar-refractivity contribution in [3.8, 4) is 5.75 Å². The first-order valence-corrected chi connectivity index (χ1v) is 10.0. The van der Waals surface area contributed by atoms with Gasteiger partial charge in [-0.3, -0.25) is 9.59 Å². The molecule has 2 aromatic rings. The molecule has 7 nitrogen and oxygen atoms in total. The van der Waals surface area contributed by atoms with Crippen molar-refractivity contribution in [2.45, 2.75) is 31.8 Å². The van der Waals surface area contributed by atoms with E-state index in [1.54, 1.807) is 30.3 Å². The summed E-state index contributed by atoms with van der Waals surface area (Å²) in [6.07, 6.45) is 2.87. The minimum absolute atomic E-state index is 0.177. The van der Waals surface area contributed by atoms with E-state index in [2.05, 4.69) is 15.9 Å². The van der Waals surface area contributed by atoms with Crippen molar-refractivity contribution in [1.82, 2.24) is 0 Å². The molecule has 0 saturated carbocycles. The van der Waals surface area contributed by atoms with Crippen LogP contribution in [0.15, 0.2) is 40.9 Å². The molecule has 1 amide bonds. The number of anilines is 2. The summed E-state index contributed by atoms with van der Waals surface area (Å²) >= 11 is 3.53. The Labute approximate surface area is 177 Å². The Balaban J connectivity index is 1.88. The highest BCUT2D eigenvalue weighted by Crippen LogP contribution is 2.32. The Bertz CT molecular complexity index is 948. The molecule has 1 aliphatic rings. The van der Waals surface area contributed by atoms with Crippen LogP contribution in [-0.2, 0) is 16.0 Å². The van der Waals surface area contributed by atoms with Gasteiger partial charge in [0.25, 0.3) is 0 Å². The lowest BCUT2D eigenvalue weighted by molar-refractivity contribution is -0.136. The number of nitrogens with one attached hydrogen (secondary N) is 1. The smallest absolute Gasteiger partial charge is 0.323 e. The van der Waals surface area contributed by atoms with E-state index in [4.69, 9.17) is 15.9 Å². The van der Waals surface area contributed by atoms with E-state index in [9.17, 15) is 14.7 Å². The molecule has 0 spiro atoms. The van der Waals surface area contributed by atoms with E-state index in [1.165, 1.54) is 11.1 Å². The van der Waals surface area contributed by atoms with Crippen LogP contribution in [-0.4, -0.2) is 35.8 Å². The zero-order valence-electron chi connectivity index (χ0n) is 15.7. The van der Waals surface area contributed by atoms with E-state index in [-0.39, 0.29) is 25.0 Å². The van der Waals surface area contributed by atoms with Gasteiger partial charge in [-0.05, 0) is 55.2 Å². The van der Waals surface area contributed by atoms with Crippen molar-refractivity contribution >= 4 is 45.4 Å². The van der Waals surface area contributed by atoms with Crippen LogP contribution in [0, 0.1) is 5.41 Å². The van der Waals surface area contributed by atoms with Crippen molar-refractivity contribution < 1.29 is 19.4 Å². The topological polar surface area (TPSA) is 117 Å². The average Bonchev–Trinajstić information content (AvgIpc) is 2.74.